The van der Waals surface area contributed by atoms with E-state index in [1.54, 1.807) is 0 Å². The number of thioether (sulfide) groups is 1. The van der Waals surface area contributed by atoms with Gasteiger partial charge in [0.15, 0.2) is 5.16 Å². The van der Waals surface area contributed by atoms with Gasteiger partial charge in [0.1, 0.15) is 11.5 Å². The summed E-state index contributed by atoms with van der Waals surface area (Å²) in [5.74, 6) is 0.448. The molecule has 2 aliphatic rings. The third-order valence-electron chi connectivity index (χ3n) is 5.39. The molecule has 11 heteroatoms. The molecule has 1 aliphatic carbocycles. The molecule has 1 amide bonds. The van der Waals surface area contributed by atoms with Crippen LogP contribution in [0.25, 0.3) is 0 Å². The summed E-state index contributed by atoms with van der Waals surface area (Å²) >= 11 is 1.25. The van der Waals surface area contributed by atoms with Crippen LogP contribution in [0.3, 0.4) is 0 Å². The molecule has 0 atom stereocenters. The number of carbonyl (C=O) groups is 1. The van der Waals surface area contributed by atoms with E-state index in [-0.39, 0.29) is 11.4 Å². The van der Waals surface area contributed by atoms with Crippen LogP contribution in [-0.2, 0) is 4.79 Å². The summed E-state index contributed by atoms with van der Waals surface area (Å²) in [6, 6.07) is 3.42. The SMILES string of the molecule is CC1CCN(c2nnc(SCC(=O)Nc3ccc(F)cc3[N+](=O)[O-])n2C2CC2)CC1. The Hall–Kier alpha value is -2.69. The quantitative estimate of drug-likeness (QED) is 0.403. The first kappa shape index (κ1) is 20.6. The Kier molecular flexibility index (Phi) is 5.89. The maximum Gasteiger partial charge on any atom is 0.295 e. The summed E-state index contributed by atoms with van der Waals surface area (Å²) in [5.41, 5.74) is -0.505. The standard InChI is InChI=1S/C19H23FN6O3S/c1-12-6-8-24(9-7-12)18-22-23-19(25(18)14-3-4-14)30-11-17(27)21-15-5-2-13(20)10-16(15)26(28)29/h2,5,10,12,14H,3-4,6-9,11H2,1H3,(H,21,27). The van der Waals surface area contributed by atoms with E-state index in [0.29, 0.717) is 17.1 Å². The Bertz CT molecular complexity index is 956. The number of nitro benzene ring substituents is 1. The van der Waals surface area contributed by atoms with E-state index < -0.39 is 22.3 Å². The van der Waals surface area contributed by atoms with Gasteiger partial charge in [0.25, 0.3) is 5.69 Å². The summed E-state index contributed by atoms with van der Waals surface area (Å²) < 4.78 is 15.4. The van der Waals surface area contributed by atoms with Crippen LogP contribution in [0.4, 0.5) is 21.7 Å². The maximum atomic E-state index is 13.3. The fourth-order valence-electron chi connectivity index (χ4n) is 3.52. The number of piperidine rings is 1. The minimum atomic E-state index is -0.730. The number of hydrogen-bond acceptors (Lipinski definition) is 7. The number of benzene rings is 1. The molecule has 1 N–H and O–H groups in total. The van der Waals surface area contributed by atoms with E-state index in [1.165, 1.54) is 17.8 Å². The summed E-state index contributed by atoms with van der Waals surface area (Å²) in [7, 11) is 0. The van der Waals surface area contributed by atoms with Crippen molar-refractivity contribution >= 4 is 35.0 Å². The van der Waals surface area contributed by atoms with Gasteiger partial charge < -0.3 is 10.2 Å². The third kappa shape index (κ3) is 4.55. The zero-order valence-electron chi connectivity index (χ0n) is 16.6. The van der Waals surface area contributed by atoms with Crippen LogP contribution >= 0.6 is 11.8 Å². The minimum Gasteiger partial charge on any atom is -0.341 e. The fraction of sp³-hybridized carbons (Fsp3) is 0.526. The van der Waals surface area contributed by atoms with Crippen molar-refractivity contribution in [2.75, 3.05) is 29.1 Å². The van der Waals surface area contributed by atoms with Crippen molar-refractivity contribution < 1.29 is 14.1 Å². The van der Waals surface area contributed by atoms with E-state index in [4.69, 9.17) is 0 Å². The van der Waals surface area contributed by atoms with Gasteiger partial charge in [0.05, 0.1) is 16.7 Å². The Morgan fingerprint density at radius 3 is 2.70 bits per heavy atom. The molecular weight excluding hydrogens is 411 g/mol. The number of nitrogens with zero attached hydrogens (tertiary/aromatic N) is 5. The van der Waals surface area contributed by atoms with E-state index >= 15 is 0 Å². The molecule has 1 saturated heterocycles. The molecule has 0 radical (unpaired) electrons. The van der Waals surface area contributed by atoms with Crippen LogP contribution in [0, 0.1) is 21.8 Å². The summed E-state index contributed by atoms with van der Waals surface area (Å²) in [6.07, 6.45) is 4.38. The largest absolute Gasteiger partial charge is 0.341 e. The van der Waals surface area contributed by atoms with Crippen molar-refractivity contribution in [2.24, 2.45) is 5.92 Å². The normalized spacial score (nSPS) is 17.2. The van der Waals surface area contributed by atoms with E-state index in [1.807, 2.05) is 0 Å². The van der Waals surface area contributed by atoms with Crippen LogP contribution in [0.2, 0.25) is 0 Å². The number of anilines is 2. The first-order chi connectivity index (χ1) is 14.4. The maximum absolute atomic E-state index is 13.3. The van der Waals surface area contributed by atoms with Crippen molar-refractivity contribution in [3.05, 3.63) is 34.1 Å². The number of hydrogen-bond donors (Lipinski definition) is 1. The minimum absolute atomic E-state index is 0.0242. The summed E-state index contributed by atoms with van der Waals surface area (Å²) in [4.78, 5) is 25.0. The molecule has 4 rings (SSSR count). The molecule has 2 heterocycles. The first-order valence-electron chi connectivity index (χ1n) is 9.99. The number of rotatable bonds is 7. The zero-order chi connectivity index (χ0) is 21.3. The van der Waals surface area contributed by atoms with Gasteiger partial charge in [0.2, 0.25) is 11.9 Å². The van der Waals surface area contributed by atoms with Crippen LogP contribution in [0.5, 0.6) is 0 Å². The third-order valence-corrected chi connectivity index (χ3v) is 6.33. The molecule has 0 unspecified atom stereocenters. The number of nitrogens with one attached hydrogen (secondary N) is 1. The topological polar surface area (TPSA) is 106 Å². The van der Waals surface area contributed by atoms with Gasteiger partial charge in [-0.1, -0.05) is 18.7 Å². The summed E-state index contributed by atoms with van der Waals surface area (Å²) in [6.45, 7) is 4.16. The monoisotopic (exact) mass is 434 g/mol. The van der Waals surface area contributed by atoms with Crippen LogP contribution < -0.4 is 10.2 Å². The second-order valence-corrected chi connectivity index (χ2v) is 8.75. The molecule has 2 fully saturated rings. The van der Waals surface area contributed by atoms with Crippen molar-refractivity contribution in [1.29, 1.82) is 0 Å². The molecule has 1 aromatic heterocycles. The van der Waals surface area contributed by atoms with Crippen molar-refractivity contribution in [1.82, 2.24) is 14.8 Å². The first-order valence-corrected chi connectivity index (χ1v) is 11.0. The molecule has 0 bridgehead atoms. The van der Waals surface area contributed by atoms with Gasteiger partial charge in [-0.15, -0.1) is 10.2 Å². The average molecular weight is 434 g/mol. The predicted octanol–water partition coefficient (Wildman–Crippen LogP) is 3.63. The number of aromatic nitrogens is 3. The molecule has 9 nitrogen and oxygen atoms in total. The molecule has 1 saturated carbocycles. The predicted molar refractivity (Wildman–Crippen MR) is 111 cm³/mol. The van der Waals surface area contributed by atoms with E-state index in [0.717, 1.165) is 56.9 Å². The number of amides is 1. The Labute approximate surface area is 177 Å². The van der Waals surface area contributed by atoms with E-state index in [9.17, 15) is 19.3 Å². The van der Waals surface area contributed by atoms with Gasteiger partial charge >= 0.3 is 0 Å². The Balaban J connectivity index is 1.43. The van der Waals surface area contributed by atoms with Crippen LogP contribution in [0.15, 0.2) is 23.4 Å². The highest BCUT2D eigenvalue weighted by Crippen LogP contribution is 2.41. The lowest BCUT2D eigenvalue weighted by molar-refractivity contribution is -0.384. The molecule has 1 aliphatic heterocycles. The molecule has 2 aromatic rings. The smallest absolute Gasteiger partial charge is 0.295 e. The highest BCUT2D eigenvalue weighted by Gasteiger charge is 2.32. The second kappa shape index (κ2) is 8.58. The molecule has 1 aromatic carbocycles. The zero-order valence-corrected chi connectivity index (χ0v) is 17.4. The molecule has 0 spiro atoms. The van der Waals surface area contributed by atoms with Gasteiger partial charge in [-0.05, 0) is 43.7 Å². The Morgan fingerprint density at radius 2 is 2.03 bits per heavy atom. The Morgan fingerprint density at radius 1 is 1.30 bits per heavy atom. The van der Waals surface area contributed by atoms with Crippen molar-refractivity contribution in [3.8, 4) is 0 Å². The lowest BCUT2D eigenvalue weighted by Gasteiger charge is -2.31. The lowest BCUT2D eigenvalue weighted by atomic mass is 10.00. The van der Waals surface area contributed by atoms with Crippen LogP contribution in [-0.4, -0.2) is 44.4 Å². The molecule has 30 heavy (non-hydrogen) atoms. The lowest BCUT2D eigenvalue weighted by Crippen LogP contribution is -2.34. The second-order valence-electron chi connectivity index (χ2n) is 7.81. The fourth-order valence-corrected chi connectivity index (χ4v) is 4.32. The number of halogens is 1. The highest BCUT2D eigenvalue weighted by atomic mass is 32.2. The van der Waals surface area contributed by atoms with E-state index in [2.05, 4.69) is 31.9 Å². The number of carbonyl (C=O) groups excluding carboxylic acids is 1. The number of nitro groups is 1. The highest BCUT2D eigenvalue weighted by molar-refractivity contribution is 7.99. The van der Waals surface area contributed by atoms with Gasteiger partial charge in [-0.25, -0.2) is 4.39 Å². The molecular formula is C19H23FN6O3S. The molecule has 160 valence electrons. The van der Waals surface area contributed by atoms with Crippen molar-refractivity contribution in [3.63, 3.8) is 0 Å². The van der Waals surface area contributed by atoms with Gasteiger partial charge in [0, 0.05) is 19.1 Å². The summed E-state index contributed by atoms with van der Waals surface area (Å²) in [5, 5.41) is 23.0. The average Bonchev–Trinajstić information content (AvgIpc) is 3.47. The van der Waals surface area contributed by atoms with Gasteiger partial charge in [-0.2, -0.15) is 0 Å². The van der Waals surface area contributed by atoms with Gasteiger partial charge in [-0.3, -0.25) is 19.5 Å². The van der Waals surface area contributed by atoms with Crippen molar-refractivity contribution in [2.45, 2.75) is 43.8 Å². The van der Waals surface area contributed by atoms with Crippen LogP contribution in [0.1, 0.15) is 38.6 Å².